The van der Waals surface area contributed by atoms with Gasteiger partial charge in [0.1, 0.15) is 5.75 Å². The summed E-state index contributed by atoms with van der Waals surface area (Å²) in [7, 11) is 0. The van der Waals surface area contributed by atoms with Crippen LogP contribution in [0.2, 0.25) is 0 Å². The lowest BCUT2D eigenvalue weighted by Gasteiger charge is -2.05. The first-order chi connectivity index (χ1) is 15.4. The number of rotatable bonds is 8. The molecule has 0 aliphatic heterocycles. The van der Waals surface area contributed by atoms with Crippen molar-refractivity contribution in [2.45, 2.75) is 0 Å². The molecule has 1 amide bonds. The van der Waals surface area contributed by atoms with Crippen LogP contribution in [0, 0.1) is 10.1 Å². The summed E-state index contributed by atoms with van der Waals surface area (Å²) in [5.41, 5.74) is 3.39. The first kappa shape index (κ1) is 22.6. The third-order valence-corrected chi connectivity index (χ3v) is 4.41. The van der Waals surface area contributed by atoms with Gasteiger partial charge in [0.25, 0.3) is 5.91 Å². The molecule has 0 spiro atoms. The van der Waals surface area contributed by atoms with E-state index in [1.807, 2.05) is 12.1 Å². The van der Waals surface area contributed by atoms with Crippen LogP contribution in [0.25, 0.3) is 0 Å². The van der Waals surface area contributed by atoms with E-state index < -0.39 is 17.4 Å². The smallest absolute Gasteiger partial charge is 0.310 e. The van der Waals surface area contributed by atoms with E-state index in [1.165, 1.54) is 36.5 Å². The molecule has 0 aliphatic carbocycles. The average molecular weight is 498 g/mol. The molecule has 0 radical (unpaired) electrons. The number of nitrogens with zero attached hydrogens (tertiary/aromatic N) is 4. The maximum Gasteiger partial charge on any atom is 0.310 e. The number of halogens is 1. The van der Waals surface area contributed by atoms with Crippen LogP contribution in [-0.4, -0.2) is 28.8 Å². The lowest BCUT2D eigenvalue weighted by Crippen LogP contribution is -2.24. The zero-order valence-corrected chi connectivity index (χ0v) is 18.0. The molecule has 32 heavy (non-hydrogen) atoms. The molecule has 3 rings (SSSR count). The van der Waals surface area contributed by atoms with Crippen LogP contribution in [-0.2, 0) is 4.79 Å². The summed E-state index contributed by atoms with van der Waals surface area (Å²) < 4.78 is 6.05. The molecule has 2 N–H and O–H groups in total. The highest BCUT2D eigenvalue weighted by atomic mass is 79.9. The Morgan fingerprint density at radius 3 is 2.59 bits per heavy atom. The molecule has 0 saturated heterocycles. The van der Waals surface area contributed by atoms with Crippen LogP contribution in [0.3, 0.4) is 0 Å². The van der Waals surface area contributed by atoms with E-state index in [-0.39, 0.29) is 17.2 Å². The number of nitro groups is 1. The second-order valence-electron chi connectivity index (χ2n) is 6.23. The van der Waals surface area contributed by atoms with Gasteiger partial charge < -0.3 is 9.84 Å². The van der Waals surface area contributed by atoms with E-state index in [2.05, 4.69) is 36.7 Å². The lowest BCUT2D eigenvalue weighted by molar-refractivity contribution is -0.385. The minimum absolute atomic E-state index is 0.0298. The van der Waals surface area contributed by atoms with Gasteiger partial charge in [-0.05, 0) is 42.5 Å². The molecule has 0 unspecified atom stereocenters. The van der Waals surface area contributed by atoms with Crippen LogP contribution in [0.4, 0.5) is 17.1 Å². The fourth-order valence-electron chi connectivity index (χ4n) is 2.44. The van der Waals surface area contributed by atoms with Crippen molar-refractivity contribution in [1.82, 2.24) is 5.43 Å². The van der Waals surface area contributed by atoms with Gasteiger partial charge in [-0.25, -0.2) is 5.43 Å². The maximum atomic E-state index is 11.9. The summed E-state index contributed by atoms with van der Waals surface area (Å²) in [4.78, 5) is 22.3. The van der Waals surface area contributed by atoms with Crippen LogP contribution in [0.15, 0.2) is 86.5 Å². The molecule has 0 aliphatic rings. The molecule has 3 aromatic rings. The van der Waals surface area contributed by atoms with E-state index in [4.69, 9.17) is 4.74 Å². The molecule has 0 atom stereocenters. The number of para-hydroxylation sites is 2. The van der Waals surface area contributed by atoms with Crippen molar-refractivity contribution < 1.29 is 19.6 Å². The predicted octanol–water partition coefficient (Wildman–Crippen LogP) is 5.01. The van der Waals surface area contributed by atoms with Gasteiger partial charge in [-0.2, -0.15) is 15.3 Å². The highest BCUT2D eigenvalue weighted by molar-refractivity contribution is 9.10. The van der Waals surface area contributed by atoms with E-state index in [9.17, 15) is 20.0 Å². The van der Waals surface area contributed by atoms with Gasteiger partial charge in [0.05, 0.1) is 22.5 Å². The highest BCUT2D eigenvalue weighted by Gasteiger charge is 2.14. The first-order valence-corrected chi connectivity index (χ1v) is 9.90. The summed E-state index contributed by atoms with van der Waals surface area (Å²) in [6, 6.07) is 17.5. The largest absolute Gasteiger partial charge is 0.507 e. The van der Waals surface area contributed by atoms with Gasteiger partial charge in [-0.1, -0.05) is 34.1 Å². The van der Waals surface area contributed by atoms with Gasteiger partial charge in [-0.15, -0.1) is 0 Å². The summed E-state index contributed by atoms with van der Waals surface area (Å²) in [5, 5.41) is 33.0. The number of hydrazone groups is 1. The molecule has 0 heterocycles. The van der Waals surface area contributed by atoms with Gasteiger partial charge >= 0.3 is 5.69 Å². The van der Waals surface area contributed by atoms with Gasteiger partial charge in [-0.3, -0.25) is 14.9 Å². The predicted molar refractivity (Wildman–Crippen MR) is 121 cm³/mol. The number of ether oxygens (including phenoxy) is 1. The Labute approximate surface area is 190 Å². The summed E-state index contributed by atoms with van der Waals surface area (Å²) in [6.07, 6.45) is 1.23. The van der Waals surface area contributed by atoms with E-state index >= 15 is 0 Å². The summed E-state index contributed by atoms with van der Waals surface area (Å²) in [6.45, 7) is -0.477. The van der Waals surface area contributed by atoms with Gasteiger partial charge in [0.2, 0.25) is 0 Å². The standard InChI is InChI=1S/C21H16BrN5O5/c22-15-4-3-5-16(11-15)24-25-17-8-9-19(28)14(10-17)12-23-26-21(29)13-32-20-7-2-1-6-18(20)27(30)31/h1-12,28H,13H2,(H,26,29). The van der Waals surface area contributed by atoms with Gasteiger partial charge in [0, 0.05) is 16.1 Å². The summed E-state index contributed by atoms with van der Waals surface area (Å²) in [5.74, 6) is -0.734. The lowest BCUT2D eigenvalue weighted by atomic mass is 10.2. The highest BCUT2D eigenvalue weighted by Crippen LogP contribution is 2.26. The van der Waals surface area contributed by atoms with E-state index in [0.29, 0.717) is 16.9 Å². The molecule has 162 valence electrons. The Morgan fingerprint density at radius 1 is 1.09 bits per heavy atom. The number of amides is 1. The van der Waals surface area contributed by atoms with Crippen molar-refractivity contribution in [3.8, 4) is 11.5 Å². The van der Waals surface area contributed by atoms with Crippen LogP contribution in [0.1, 0.15) is 5.56 Å². The van der Waals surface area contributed by atoms with Crippen LogP contribution < -0.4 is 10.2 Å². The van der Waals surface area contributed by atoms with Crippen molar-refractivity contribution in [3.63, 3.8) is 0 Å². The molecule has 0 bridgehead atoms. The molecular formula is C21H16BrN5O5. The minimum atomic E-state index is -0.635. The van der Waals surface area contributed by atoms with Crippen LogP contribution >= 0.6 is 15.9 Å². The van der Waals surface area contributed by atoms with Crippen molar-refractivity contribution in [1.29, 1.82) is 0 Å². The third-order valence-electron chi connectivity index (χ3n) is 3.91. The Bertz CT molecular complexity index is 1200. The Hall–Kier alpha value is -4.12. The second kappa shape index (κ2) is 10.8. The molecule has 0 aromatic heterocycles. The number of carbonyl (C=O) groups is 1. The van der Waals surface area contributed by atoms with Crippen molar-refractivity contribution >= 4 is 45.1 Å². The second-order valence-corrected chi connectivity index (χ2v) is 7.15. The quantitative estimate of drug-likeness (QED) is 0.195. The zero-order chi connectivity index (χ0) is 22.9. The molecular weight excluding hydrogens is 482 g/mol. The number of hydrogen-bond acceptors (Lipinski definition) is 8. The molecule has 0 fully saturated rings. The normalized spacial score (nSPS) is 11.0. The SMILES string of the molecule is O=C(COc1ccccc1[N+](=O)[O-])NN=Cc1cc(N=Nc2cccc(Br)c2)ccc1O. The number of nitrogens with one attached hydrogen (secondary N) is 1. The number of phenolic OH excluding ortho intramolecular Hbond substituents is 1. The monoisotopic (exact) mass is 497 g/mol. The number of aromatic hydroxyl groups is 1. The third kappa shape index (κ3) is 6.44. The summed E-state index contributed by atoms with van der Waals surface area (Å²) >= 11 is 3.36. The van der Waals surface area contributed by atoms with Crippen LogP contribution in [0.5, 0.6) is 11.5 Å². The Kier molecular flexibility index (Phi) is 7.60. The molecule has 0 saturated carbocycles. The average Bonchev–Trinajstić information content (AvgIpc) is 2.78. The minimum Gasteiger partial charge on any atom is -0.507 e. The van der Waals surface area contributed by atoms with Crippen molar-refractivity contribution in [2.75, 3.05) is 6.61 Å². The number of azo groups is 1. The zero-order valence-electron chi connectivity index (χ0n) is 16.4. The number of carbonyl (C=O) groups excluding carboxylic acids is 1. The number of benzene rings is 3. The molecule has 10 nitrogen and oxygen atoms in total. The molecule has 11 heteroatoms. The number of nitro benzene ring substituents is 1. The van der Waals surface area contributed by atoms with Crippen molar-refractivity contribution in [3.05, 3.63) is 86.9 Å². The molecule has 3 aromatic carbocycles. The Morgan fingerprint density at radius 2 is 1.84 bits per heavy atom. The first-order valence-electron chi connectivity index (χ1n) is 9.11. The van der Waals surface area contributed by atoms with E-state index in [0.717, 1.165) is 4.47 Å². The fourth-order valence-corrected chi connectivity index (χ4v) is 2.83. The number of phenols is 1. The van der Waals surface area contributed by atoms with Crippen molar-refractivity contribution in [2.24, 2.45) is 15.3 Å². The fraction of sp³-hybridized carbons (Fsp3) is 0.0476. The maximum absolute atomic E-state index is 11.9. The Balaban J connectivity index is 1.59. The topological polar surface area (TPSA) is 139 Å². The van der Waals surface area contributed by atoms with Gasteiger partial charge in [0.15, 0.2) is 12.4 Å². The van der Waals surface area contributed by atoms with E-state index in [1.54, 1.807) is 24.3 Å². The number of hydrogen-bond donors (Lipinski definition) is 2.